The van der Waals surface area contributed by atoms with Gasteiger partial charge in [0.15, 0.2) is 0 Å². The third-order valence-corrected chi connectivity index (χ3v) is 8.08. The number of alkyl halides is 11. The van der Waals surface area contributed by atoms with Gasteiger partial charge in [0.2, 0.25) is 0 Å². The number of hydrogen-bond acceptors (Lipinski definition) is 6. The molecule has 3 atom stereocenters. The Balaban J connectivity index is 0.000000482. The van der Waals surface area contributed by atoms with Crippen molar-refractivity contribution in [2.75, 3.05) is 6.61 Å². The molecule has 0 aliphatic carbocycles. The van der Waals surface area contributed by atoms with Crippen molar-refractivity contribution in [3.8, 4) is 0 Å². The Hall–Kier alpha value is -3.03. The highest BCUT2D eigenvalue weighted by Crippen LogP contribution is 2.43. The van der Waals surface area contributed by atoms with E-state index in [1.54, 1.807) is 24.3 Å². The van der Waals surface area contributed by atoms with Crippen molar-refractivity contribution in [1.29, 1.82) is 0 Å². The van der Waals surface area contributed by atoms with Crippen LogP contribution in [0.25, 0.3) is 0 Å². The summed E-state index contributed by atoms with van der Waals surface area (Å²) in [6, 6.07) is 11.6. The molecule has 0 saturated heterocycles. The van der Waals surface area contributed by atoms with E-state index in [4.69, 9.17) is 9.66 Å². The summed E-state index contributed by atoms with van der Waals surface area (Å²) >= 11 is 0. The third kappa shape index (κ3) is 11.0. The van der Waals surface area contributed by atoms with Crippen LogP contribution < -0.4 is 0 Å². The lowest BCUT2D eigenvalue weighted by Gasteiger charge is -2.31. The second-order valence-electron chi connectivity index (χ2n) is 10.7. The van der Waals surface area contributed by atoms with Crippen LogP contribution in [0.15, 0.2) is 48.5 Å². The molecular formula is C29H33F11O7S. The van der Waals surface area contributed by atoms with Gasteiger partial charge in [-0.3, -0.25) is 4.55 Å². The van der Waals surface area contributed by atoms with E-state index in [0.29, 0.717) is 11.5 Å². The third-order valence-electron chi connectivity index (χ3n) is 7.18. The molecule has 0 fully saturated rings. The first kappa shape index (κ1) is 43.0. The fourth-order valence-corrected chi connectivity index (χ4v) is 4.09. The van der Waals surface area contributed by atoms with E-state index in [2.05, 4.69) is 9.47 Å². The summed E-state index contributed by atoms with van der Waals surface area (Å²) in [5, 5.41) is 3.18. The Kier molecular flexibility index (Phi) is 14.4. The quantitative estimate of drug-likeness (QED) is 0.128. The van der Waals surface area contributed by atoms with Crippen molar-refractivity contribution >= 4 is 16.1 Å². The summed E-state index contributed by atoms with van der Waals surface area (Å²) < 4.78 is 177. The van der Waals surface area contributed by atoms with Gasteiger partial charge in [0.25, 0.3) is 11.7 Å². The van der Waals surface area contributed by atoms with Gasteiger partial charge in [-0.1, -0.05) is 64.1 Å². The zero-order chi connectivity index (χ0) is 37.5. The number of rotatable bonds is 12. The lowest BCUT2D eigenvalue weighted by atomic mass is 9.98. The fraction of sp³-hybridized carbons (Fsp3) is 0.552. The zero-order valence-electron chi connectivity index (χ0n) is 25.7. The lowest BCUT2D eigenvalue weighted by molar-refractivity contribution is -0.378. The second-order valence-corrected chi connectivity index (χ2v) is 12.2. The van der Waals surface area contributed by atoms with E-state index >= 15 is 0 Å². The van der Waals surface area contributed by atoms with Gasteiger partial charge < -0.3 is 14.6 Å². The molecule has 2 rings (SSSR count). The molecule has 0 aromatic heterocycles. The number of aliphatic hydroxyl groups is 1. The number of carbonyl (C=O) groups excluding carboxylic acids is 1. The van der Waals surface area contributed by atoms with Crippen molar-refractivity contribution < 1.29 is 80.6 Å². The summed E-state index contributed by atoms with van der Waals surface area (Å²) in [6.07, 6.45) is -20.4. The molecule has 2 aromatic carbocycles. The Labute approximate surface area is 268 Å². The number of esters is 1. The van der Waals surface area contributed by atoms with Gasteiger partial charge >= 0.3 is 39.9 Å². The van der Waals surface area contributed by atoms with Crippen LogP contribution in [0, 0.1) is 0 Å². The van der Waals surface area contributed by atoms with Crippen LogP contribution in [0.1, 0.15) is 79.4 Å². The molecule has 19 heteroatoms. The molecule has 48 heavy (non-hydrogen) atoms. The number of benzene rings is 2. The normalized spacial score (nSPS) is 15.2. The van der Waals surface area contributed by atoms with Crippen LogP contribution >= 0.6 is 0 Å². The SMILES string of the molecule is CCC(C)c1ccc(C(=O)OC(C(F)(F)F)C(F)(F)S(=O)(=O)O)cc1.CCC(C)c1ccc(COCC(O)(C(F)(F)F)C(F)(F)F)cc1. The second kappa shape index (κ2) is 16.1. The standard InChI is InChI=1S/C15H18F6O2.C14H15F5O5S/c1-3-10(2)12-6-4-11(5-7-12)8-23-9-13(22,14(16,17)18)15(19,20)21;1-3-8(2)9-4-6-10(7-5-9)11(20)24-12(13(15,16)17)14(18,19)25(21,22)23/h4-7,10,22H,3,8-9H2,1-2H3;4-8,12H,3H2,1-2H3,(H,21,22,23). The molecular weight excluding hydrogens is 701 g/mol. The summed E-state index contributed by atoms with van der Waals surface area (Å²) in [4.78, 5) is 11.7. The van der Waals surface area contributed by atoms with Crippen LogP contribution in [0.5, 0.6) is 0 Å². The van der Waals surface area contributed by atoms with Crippen molar-refractivity contribution in [3.05, 3.63) is 70.8 Å². The van der Waals surface area contributed by atoms with Crippen molar-refractivity contribution in [3.63, 3.8) is 0 Å². The van der Waals surface area contributed by atoms with E-state index in [-0.39, 0.29) is 5.92 Å². The molecule has 0 spiro atoms. The minimum Gasteiger partial charge on any atom is -0.441 e. The first-order chi connectivity index (χ1) is 21.6. The maximum Gasteiger partial charge on any atom is 0.432 e. The van der Waals surface area contributed by atoms with Crippen LogP contribution in [0.2, 0.25) is 0 Å². The average Bonchev–Trinajstić information content (AvgIpc) is 2.97. The molecule has 0 heterocycles. The first-order valence-corrected chi connectivity index (χ1v) is 15.3. The molecule has 3 unspecified atom stereocenters. The van der Waals surface area contributed by atoms with Crippen LogP contribution in [-0.4, -0.2) is 66.1 Å². The molecule has 0 aliphatic heterocycles. The minimum absolute atomic E-state index is 0.0943. The van der Waals surface area contributed by atoms with E-state index < -0.39 is 70.4 Å². The maximum absolute atomic E-state index is 13.3. The molecule has 0 radical (unpaired) electrons. The van der Waals surface area contributed by atoms with Gasteiger partial charge in [-0.25, -0.2) is 4.79 Å². The predicted octanol–water partition coefficient (Wildman–Crippen LogP) is 8.34. The molecule has 0 saturated carbocycles. The maximum atomic E-state index is 13.3. The molecule has 0 bridgehead atoms. The smallest absolute Gasteiger partial charge is 0.432 e. The Morgan fingerprint density at radius 3 is 1.48 bits per heavy atom. The molecule has 0 aliphatic rings. The molecule has 0 amide bonds. The number of carbonyl (C=O) groups is 1. The van der Waals surface area contributed by atoms with Crippen molar-refractivity contribution in [1.82, 2.24) is 0 Å². The molecule has 274 valence electrons. The van der Waals surface area contributed by atoms with Crippen molar-refractivity contribution in [2.45, 2.75) is 94.5 Å². The summed E-state index contributed by atoms with van der Waals surface area (Å²) in [7, 11) is -6.46. The van der Waals surface area contributed by atoms with Gasteiger partial charge in [-0.05, 0) is 53.5 Å². The molecule has 2 aromatic rings. The van der Waals surface area contributed by atoms with Crippen molar-refractivity contribution in [2.24, 2.45) is 0 Å². The van der Waals surface area contributed by atoms with Gasteiger partial charge in [0.1, 0.15) is 0 Å². The number of ether oxygens (including phenoxy) is 2. The fourth-order valence-electron chi connectivity index (χ4n) is 3.64. The van der Waals surface area contributed by atoms with Gasteiger partial charge in [0.05, 0.1) is 18.8 Å². The number of halogens is 11. The Morgan fingerprint density at radius 2 is 1.15 bits per heavy atom. The van der Waals surface area contributed by atoms with E-state index in [9.17, 15) is 61.5 Å². The Morgan fingerprint density at radius 1 is 0.750 bits per heavy atom. The highest BCUT2D eigenvalue weighted by molar-refractivity contribution is 7.86. The highest BCUT2D eigenvalue weighted by Gasteiger charge is 2.70. The average molecular weight is 735 g/mol. The molecule has 2 N–H and O–H groups in total. The highest BCUT2D eigenvalue weighted by atomic mass is 32.2. The van der Waals surface area contributed by atoms with Crippen LogP contribution in [-0.2, 0) is 26.2 Å². The monoisotopic (exact) mass is 734 g/mol. The minimum atomic E-state index is -6.46. The molecule has 7 nitrogen and oxygen atoms in total. The summed E-state index contributed by atoms with van der Waals surface area (Å²) in [5.74, 6) is -1.41. The summed E-state index contributed by atoms with van der Waals surface area (Å²) in [6.45, 7) is 5.37. The van der Waals surface area contributed by atoms with Gasteiger partial charge in [0, 0.05) is 0 Å². The van der Waals surface area contributed by atoms with Crippen LogP contribution in [0.3, 0.4) is 0 Å². The first-order valence-electron chi connectivity index (χ1n) is 13.9. The zero-order valence-corrected chi connectivity index (χ0v) is 26.5. The number of hydrogen-bond donors (Lipinski definition) is 2. The topological polar surface area (TPSA) is 110 Å². The van der Waals surface area contributed by atoms with E-state index in [1.165, 1.54) is 12.1 Å². The van der Waals surface area contributed by atoms with Gasteiger partial charge in [-0.2, -0.15) is 56.7 Å². The predicted molar refractivity (Wildman–Crippen MR) is 149 cm³/mol. The lowest BCUT2D eigenvalue weighted by Crippen LogP contribution is -2.59. The van der Waals surface area contributed by atoms with E-state index in [0.717, 1.165) is 36.1 Å². The Bertz CT molecular complexity index is 1410. The van der Waals surface area contributed by atoms with Crippen LogP contribution in [0.4, 0.5) is 48.3 Å². The van der Waals surface area contributed by atoms with Gasteiger partial charge in [-0.15, -0.1) is 0 Å². The van der Waals surface area contributed by atoms with E-state index in [1.807, 2.05) is 27.7 Å². The summed E-state index contributed by atoms with van der Waals surface area (Å²) in [5.41, 5.74) is -3.17. The largest absolute Gasteiger partial charge is 0.441 e.